The third kappa shape index (κ3) is 7.33. The molecule has 4 amide bonds. The number of aliphatic hydroxyl groups is 1. The van der Waals surface area contributed by atoms with Crippen LogP contribution in [0.3, 0.4) is 0 Å². The van der Waals surface area contributed by atoms with Gasteiger partial charge in [0.25, 0.3) is 0 Å². The largest absolute Gasteiger partial charge is 0.436 e. The number of amides is 4. The van der Waals surface area contributed by atoms with E-state index in [2.05, 4.69) is 16.0 Å². The number of rotatable bonds is 12. The van der Waals surface area contributed by atoms with Crippen LogP contribution >= 0.6 is 0 Å². The number of nitrogens with one attached hydrogen (secondary N) is 3. The minimum absolute atomic E-state index is 0.0793. The third-order valence-electron chi connectivity index (χ3n) is 6.38. The van der Waals surface area contributed by atoms with Crippen molar-refractivity contribution in [1.82, 2.24) is 20.9 Å². The second-order valence-electron chi connectivity index (χ2n) is 9.56. The molecule has 0 radical (unpaired) electrons. The zero-order valence-electron chi connectivity index (χ0n) is 22.6. The van der Waals surface area contributed by atoms with E-state index in [0.717, 1.165) is 22.3 Å². The highest BCUT2D eigenvalue weighted by Gasteiger charge is 2.36. The number of benzene rings is 2. The van der Waals surface area contributed by atoms with Crippen molar-refractivity contribution in [3.05, 3.63) is 59.7 Å². The second kappa shape index (κ2) is 13.7. The Morgan fingerprint density at radius 3 is 2.08 bits per heavy atom. The van der Waals surface area contributed by atoms with Crippen molar-refractivity contribution in [3.8, 4) is 11.1 Å². The Morgan fingerprint density at radius 2 is 1.51 bits per heavy atom. The summed E-state index contributed by atoms with van der Waals surface area (Å²) in [6.07, 6.45) is -1.27. The van der Waals surface area contributed by atoms with Crippen molar-refractivity contribution in [2.24, 2.45) is 5.92 Å². The Hall–Kier alpha value is -3.96. The van der Waals surface area contributed by atoms with Crippen molar-refractivity contribution in [3.63, 3.8) is 0 Å². The van der Waals surface area contributed by atoms with Crippen LogP contribution in [0.4, 0.5) is 4.79 Å². The van der Waals surface area contributed by atoms with Gasteiger partial charge in [0.1, 0.15) is 18.8 Å². The molecule has 4 N–H and O–H groups in total. The quantitative estimate of drug-likeness (QED) is 0.236. The van der Waals surface area contributed by atoms with Gasteiger partial charge in [0.05, 0.1) is 19.8 Å². The zero-order chi connectivity index (χ0) is 28.5. The maximum Gasteiger partial charge on any atom is 0.411 e. The SMILES string of the molecule is CC(C)[C@@H](C(=O)N[C@@H](C)C(=O)NCC(=O)NCOCCO)N(C)C(=O)OC1c2ccccc2-c2ccccc21. The zero-order valence-corrected chi connectivity index (χ0v) is 22.6. The Bertz CT molecular complexity index is 1140. The molecule has 0 fully saturated rings. The van der Waals surface area contributed by atoms with Gasteiger partial charge in [-0.3, -0.25) is 19.3 Å². The van der Waals surface area contributed by atoms with Crippen molar-refractivity contribution >= 4 is 23.8 Å². The first-order chi connectivity index (χ1) is 18.6. The van der Waals surface area contributed by atoms with Crippen molar-refractivity contribution in [2.45, 2.75) is 39.0 Å². The summed E-state index contributed by atoms with van der Waals surface area (Å²) in [4.78, 5) is 51.9. The predicted molar refractivity (Wildman–Crippen MR) is 143 cm³/mol. The Balaban J connectivity index is 1.59. The molecule has 3 rings (SSSR count). The first-order valence-corrected chi connectivity index (χ1v) is 12.8. The molecular formula is C28H36N4O7. The summed E-state index contributed by atoms with van der Waals surface area (Å²) < 4.78 is 10.9. The van der Waals surface area contributed by atoms with E-state index >= 15 is 0 Å². The molecule has 1 aliphatic rings. The van der Waals surface area contributed by atoms with Crippen molar-refractivity contribution in [2.75, 3.05) is 33.5 Å². The van der Waals surface area contributed by atoms with Crippen LogP contribution in [-0.2, 0) is 23.9 Å². The molecule has 0 aliphatic heterocycles. The van der Waals surface area contributed by atoms with Gasteiger partial charge >= 0.3 is 6.09 Å². The Kier molecular flexibility index (Phi) is 10.4. The number of nitrogens with zero attached hydrogens (tertiary/aromatic N) is 1. The lowest BCUT2D eigenvalue weighted by Crippen LogP contribution is -2.55. The number of carbonyl (C=O) groups excluding carboxylic acids is 4. The molecule has 0 saturated heterocycles. The molecule has 2 atom stereocenters. The number of ether oxygens (including phenoxy) is 2. The van der Waals surface area contributed by atoms with Gasteiger partial charge in [-0.25, -0.2) is 4.79 Å². The lowest BCUT2D eigenvalue weighted by molar-refractivity contribution is -0.132. The lowest BCUT2D eigenvalue weighted by atomic mass is 10.0. The van der Waals surface area contributed by atoms with Gasteiger partial charge in [-0.2, -0.15) is 0 Å². The summed E-state index contributed by atoms with van der Waals surface area (Å²) in [5.74, 6) is -1.87. The Labute approximate surface area is 227 Å². The molecular weight excluding hydrogens is 504 g/mol. The molecule has 0 spiro atoms. The van der Waals surface area contributed by atoms with Gasteiger partial charge in [-0.15, -0.1) is 0 Å². The molecule has 39 heavy (non-hydrogen) atoms. The van der Waals surface area contributed by atoms with Gasteiger partial charge in [0, 0.05) is 18.2 Å². The summed E-state index contributed by atoms with van der Waals surface area (Å²) in [5, 5.41) is 16.1. The molecule has 2 aromatic rings. The van der Waals surface area contributed by atoms with Crippen LogP contribution in [0.5, 0.6) is 0 Å². The van der Waals surface area contributed by atoms with Crippen LogP contribution in [0, 0.1) is 5.92 Å². The Morgan fingerprint density at radius 1 is 0.923 bits per heavy atom. The summed E-state index contributed by atoms with van der Waals surface area (Å²) in [6.45, 7) is 4.57. The number of fused-ring (bicyclic) bond motifs is 3. The smallest absolute Gasteiger partial charge is 0.411 e. The van der Waals surface area contributed by atoms with E-state index in [4.69, 9.17) is 14.6 Å². The summed E-state index contributed by atoms with van der Waals surface area (Å²) in [6, 6.07) is 13.6. The average Bonchev–Trinajstić information content (AvgIpc) is 3.23. The first kappa shape index (κ1) is 29.6. The van der Waals surface area contributed by atoms with E-state index in [0.29, 0.717) is 0 Å². The molecule has 0 bridgehead atoms. The minimum Gasteiger partial charge on any atom is -0.436 e. The van der Waals surface area contributed by atoms with Gasteiger partial charge < -0.3 is 30.5 Å². The van der Waals surface area contributed by atoms with Crippen LogP contribution < -0.4 is 16.0 Å². The number of hydrogen-bond donors (Lipinski definition) is 4. The second-order valence-corrected chi connectivity index (χ2v) is 9.56. The number of likely N-dealkylation sites (N-methyl/N-ethyl adjacent to an activating group) is 1. The highest BCUT2D eigenvalue weighted by atomic mass is 16.6. The summed E-state index contributed by atoms with van der Waals surface area (Å²) >= 11 is 0. The molecule has 2 aromatic carbocycles. The van der Waals surface area contributed by atoms with Gasteiger partial charge in [0.15, 0.2) is 6.10 Å². The highest BCUT2D eigenvalue weighted by Crippen LogP contribution is 2.45. The van der Waals surface area contributed by atoms with E-state index in [-0.39, 0.29) is 32.4 Å². The maximum atomic E-state index is 13.3. The van der Waals surface area contributed by atoms with Gasteiger partial charge in [0.2, 0.25) is 17.7 Å². The topological polar surface area (TPSA) is 146 Å². The molecule has 0 unspecified atom stereocenters. The van der Waals surface area contributed by atoms with Crippen molar-refractivity contribution < 1.29 is 33.8 Å². The fourth-order valence-electron chi connectivity index (χ4n) is 4.48. The molecule has 11 nitrogen and oxygen atoms in total. The minimum atomic E-state index is -0.963. The van der Waals surface area contributed by atoms with E-state index < -0.39 is 42.0 Å². The van der Waals surface area contributed by atoms with Crippen LogP contribution in [-0.4, -0.2) is 79.4 Å². The lowest BCUT2D eigenvalue weighted by Gasteiger charge is -2.31. The fraction of sp³-hybridized carbons (Fsp3) is 0.429. The molecule has 0 heterocycles. The predicted octanol–water partition coefficient (Wildman–Crippen LogP) is 1.55. The van der Waals surface area contributed by atoms with E-state index in [1.165, 1.54) is 18.9 Å². The van der Waals surface area contributed by atoms with Crippen LogP contribution in [0.2, 0.25) is 0 Å². The van der Waals surface area contributed by atoms with Gasteiger partial charge in [-0.05, 0) is 24.0 Å². The number of hydrogen-bond acceptors (Lipinski definition) is 7. The molecule has 0 saturated carbocycles. The highest BCUT2D eigenvalue weighted by molar-refractivity contribution is 5.92. The number of carbonyl (C=O) groups is 4. The van der Waals surface area contributed by atoms with E-state index in [1.54, 1.807) is 13.8 Å². The summed E-state index contributed by atoms with van der Waals surface area (Å²) in [5.41, 5.74) is 3.75. The van der Waals surface area contributed by atoms with Crippen LogP contribution in [0.1, 0.15) is 38.0 Å². The standard InChI is InChI=1S/C28H36N4O7/c1-17(2)24(27(36)31-18(3)26(35)29-15-23(34)30-16-38-14-13-33)32(4)28(37)39-25-21-11-7-5-9-19(21)20-10-6-8-12-22(20)25/h5-12,17-18,24-25,33H,13-16H2,1-4H3,(H,29,35)(H,30,34)(H,31,36)/t18-,24-/m0/s1. The van der Waals surface area contributed by atoms with E-state index in [9.17, 15) is 19.2 Å². The maximum absolute atomic E-state index is 13.3. The molecule has 0 aromatic heterocycles. The van der Waals surface area contributed by atoms with Crippen molar-refractivity contribution in [1.29, 1.82) is 0 Å². The molecule has 210 valence electrons. The average molecular weight is 541 g/mol. The monoisotopic (exact) mass is 540 g/mol. The van der Waals surface area contributed by atoms with E-state index in [1.807, 2.05) is 48.5 Å². The first-order valence-electron chi connectivity index (χ1n) is 12.8. The fourth-order valence-corrected chi connectivity index (χ4v) is 4.48. The molecule has 1 aliphatic carbocycles. The third-order valence-corrected chi connectivity index (χ3v) is 6.38. The van der Waals surface area contributed by atoms with Gasteiger partial charge in [-0.1, -0.05) is 62.4 Å². The van der Waals surface area contributed by atoms with Crippen LogP contribution in [0.25, 0.3) is 11.1 Å². The van der Waals surface area contributed by atoms with Crippen LogP contribution in [0.15, 0.2) is 48.5 Å². The number of aliphatic hydroxyl groups excluding tert-OH is 1. The summed E-state index contributed by atoms with van der Waals surface area (Å²) in [7, 11) is 1.49. The normalized spacial score (nSPS) is 13.6. The molecule has 11 heteroatoms.